The summed E-state index contributed by atoms with van der Waals surface area (Å²) in [4.78, 5) is 28.6. The van der Waals surface area contributed by atoms with Gasteiger partial charge in [-0.05, 0) is 43.7 Å². The summed E-state index contributed by atoms with van der Waals surface area (Å²) < 4.78 is 19.1. The van der Waals surface area contributed by atoms with Crippen LogP contribution < -0.4 is 15.4 Å². The fourth-order valence-corrected chi connectivity index (χ4v) is 2.13. The van der Waals surface area contributed by atoms with Crippen molar-refractivity contribution in [3.05, 3.63) is 47.9 Å². The van der Waals surface area contributed by atoms with E-state index in [1.54, 1.807) is 25.1 Å². The third-order valence-corrected chi connectivity index (χ3v) is 3.61. The predicted octanol–water partition coefficient (Wildman–Crippen LogP) is 2.26. The lowest BCUT2D eigenvalue weighted by Gasteiger charge is -2.32. The van der Waals surface area contributed by atoms with Gasteiger partial charge < -0.3 is 15.4 Å². The van der Waals surface area contributed by atoms with Crippen LogP contribution in [0, 0.1) is 12.7 Å². The van der Waals surface area contributed by atoms with Gasteiger partial charge >= 0.3 is 0 Å². The molecule has 2 N–H and O–H groups in total. The summed E-state index contributed by atoms with van der Waals surface area (Å²) in [7, 11) is 0. The molecule has 6 nitrogen and oxygen atoms in total. The second-order valence-corrected chi connectivity index (χ2v) is 5.36. The fraction of sp³-hybridized carbons (Fsp3) is 0.188. The number of halogens is 1. The molecule has 23 heavy (non-hydrogen) atoms. The first-order chi connectivity index (χ1) is 10.9. The van der Waals surface area contributed by atoms with Gasteiger partial charge in [0.2, 0.25) is 0 Å². The van der Waals surface area contributed by atoms with Crippen molar-refractivity contribution < 1.29 is 18.7 Å². The van der Waals surface area contributed by atoms with Crippen molar-refractivity contribution in [3.8, 4) is 5.75 Å². The number of amides is 2. The molecule has 1 aliphatic heterocycles. The number of ether oxygens (including phenoxy) is 1. The van der Waals surface area contributed by atoms with Gasteiger partial charge in [-0.25, -0.2) is 9.37 Å². The lowest BCUT2D eigenvalue weighted by atomic mass is 10.0. The van der Waals surface area contributed by atoms with Crippen molar-refractivity contribution in [2.24, 2.45) is 0 Å². The molecule has 2 amide bonds. The molecule has 0 aliphatic carbocycles. The van der Waals surface area contributed by atoms with E-state index in [-0.39, 0.29) is 11.5 Å². The van der Waals surface area contributed by atoms with E-state index in [0.717, 1.165) is 0 Å². The minimum atomic E-state index is -1.78. The van der Waals surface area contributed by atoms with Crippen molar-refractivity contribution in [1.82, 2.24) is 4.98 Å². The number of anilines is 2. The molecule has 3 rings (SSSR count). The number of carbonyl (C=O) groups excluding carboxylic acids is 2. The molecule has 0 saturated heterocycles. The first kappa shape index (κ1) is 15.0. The molecule has 0 fully saturated rings. The third kappa shape index (κ3) is 2.61. The van der Waals surface area contributed by atoms with Gasteiger partial charge in [0.15, 0.2) is 11.6 Å². The highest BCUT2D eigenvalue weighted by Gasteiger charge is 2.47. The molecule has 0 bridgehead atoms. The Morgan fingerprint density at radius 1 is 1.39 bits per heavy atom. The number of aromatic nitrogens is 1. The van der Waals surface area contributed by atoms with E-state index in [0.29, 0.717) is 11.3 Å². The Labute approximate surface area is 131 Å². The molecule has 1 aliphatic rings. The maximum atomic E-state index is 13.6. The van der Waals surface area contributed by atoms with E-state index >= 15 is 0 Å². The Bertz CT molecular complexity index is 809. The number of benzene rings is 1. The molecule has 7 heteroatoms. The van der Waals surface area contributed by atoms with Gasteiger partial charge in [-0.15, -0.1) is 0 Å². The van der Waals surface area contributed by atoms with Crippen LogP contribution in [-0.2, 0) is 9.59 Å². The molecule has 1 atom stereocenters. The van der Waals surface area contributed by atoms with Gasteiger partial charge in [0, 0.05) is 11.9 Å². The molecule has 2 aromatic rings. The van der Waals surface area contributed by atoms with E-state index in [4.69, 9.17) is 4.74 Å². The Morgan fingerprint density at radius 2 is 2.17 bits per heavy atom. The fourth-order valence-electron chi connectivity index (χ4n) is 2.13. The largest absolute Gasteiger partial charge is 0.464 e. The van der Waals surface area contributed by atoms with E-state index in [2.05, 4.69) is 15.6 Å². The Hall–Kier alpha value is -2.96. The summed E-state index contributed by atoms with van der Waals surface area (Å²) in [5.41, 5.74) is -1.08. The SMILES string of the molecule is Cc1ccc(NC(=O)C2(C)Oc3cccnc3NC2=O)cc1F. The minimum Gasteiger partial charge on any atom is -0.464 e. The monoisotopic (exact) mass is 315 g/mol. The minimum absolute atomic E-state index is 0.243. The molecule has 0 radical (unpaired) electrons. The van der Waals surface area contributed by atoms with Crippen molar-refractivity contribution in [2.75, 3.05) is 10.6 Å². The Balaban J connectivity index is 1.86. The second-order valence-electron chi connectivity index (χ2n) is 5.36. The standard InChI is InChI=1S/C16H14FN3O3/c1-9-5-6-10(8-11(9)17)19-14(21)16(2)15(22)20-13-12(23-16)4-3-7-18-13/h3-8H,1-2H3,(H,19,21)(H,18,20,22). The van der Waals surface area contributed by atoms with Crippen LogP contribution in [0.25, 0.3) is 0 Å². The number of fused-ring (bicyclic) bond motifs is 1. The maximum absolute atomic E-state index is 13.6. The van der Waals surface area contributed by atoms with Crippen LogP contribution in [0.5, 0.6) is 5.75 Å². The number of nitrogens with zero attached hydrogens (tertiary/aromatic N) is 1. The quantitative estimate of drug-likeness (QED) is 0.833. The van der Waals surface area contributed by atoms with E-state index < -0.39 is 23.2 Å². The first-order valence-corrected chi connectivity index (χ1v) is 6.93. The van der Waals surface area contributed by atoms with Crippen LogP contribution in [0.1, 0.15) is 12.5 Å². The zero-order chi connectivity index (χ0) is 16.6. The van der Waals surface area contributed by atoms with Crippen molar-refractivity contribution in [3.63, 3.8) is 0 Å². The zero-order valence-electron chi connectivity index (χ0n) is 12.5. The normalized spacial score (nSPS) is 19.3. The Kier molecular flexibility index (Phi) is 3.48. The summed E-state index contributed by atoms with van der Waals surface area (Å²) in [5, 5.41) is 5.02. The average Bonchev–Trinajstić information content (AvgIpc) is 2.52. The van der Waals surface area contributed by atoms with Crippen LogP contribution >= 0.6 is 0 Å². The highest BCUT2D eigenvalue weighted by Crippen LogP contribution is 2.32. The van der Waals surface area contributed by atoms with Crippen LogP contribution in [0.2, 0.25) is 0 Å². The van der Waals surface area contributed by atoms with Crippen molar-refractivity contribution in [2.45, 2.75) is 19.4 Å². The molecule has 2 heterocycles. The van der Waals surface area contributed by atoms with Gasteiger partial charge in [0.1, 0.15) is 5.82 Å². The zero-order valence-corrected chi connectivity index (χ0v) is 12.5. The molecule has 1 aromatic carbocycles. The van der Waals surface area contributed by atoms with Crippen LogP contribution in [0.15, 0.2) is 36.5 Å². The van der Waals surface area contributed by atoms with Crippen molar-refractivity contribution in [1.29, 1.82) is 0 Å². The van der Waals surface area contributed by atoms with Crippen molar-refractivity contribution >= 4 is 23.3 Å². The highest BCUT2D eigenvalue weighted by molar-refractivity contribution is 6.18. The highest BCUT2D eigenvalue weighted by atomic mass is 19.1. The van der Waals surface area contributed by atoms with Gasteiger partial charge in [-0.2, -0.15) is 0 Å². The molecule has 118 valence electrons. The van der Waals surface area contributed by atoms with Gasteiger partial charge in [0.05, 0.1) is 0 Å². The summed E-state index contributed by atoms with van der Waals surface area (Å²) in [5.74, 6) is -1.25. The van der Waals surface area contributed by atoms with E-state index in [1.807, 2.05) is 0 Å². The summed E-state index contributed by atoms with van der Waals surface area (Å²) in [6, 6.07) is 7.50. The number of nitrogens with one attached hydrogen (secondary N) is 2. The second kappa shape index (κ2) is 5.35. The number of hydrogen-bond donors (Lipinski definition) is 2. The summed E-state index contributed by atoms with van der Waals surface area (Å²) in [6.07, 6.45) is 1.50. The maximum Gasteiger partial charge on any atom is 0.279 e. The smallest absolute Gasteiger partial charge is 0.279 e. The molecule has 1 unspecified atom stereocenters. The van der Waals surface area contributed by atoms with Gasteiger partial charge in [-0.1, -0.05) is 6.07 Å². The lowest BCUT2D eigenvalue weighted by molar-refractivity contribution is -0.143. The number of aryl methyl sites for hydroxylation is 1. The Morgan fingerprint density at radius 3 is 2.91 bits per heavy atom. The van der Waals surface area contributed by atoms with E-state index in [1.165, 1.54) is 25.3 Å². The van der Waals surface area contributed by atoms with Gasteiger partial charge in [-0.3, -0.25) is 9.59 Å². The summed E-state index contributed by atoms with van der Waals surface area (Å²) >= 11 is 0. The number of pyridine rings is 1. The van der Waals surface area contributed by atoms with Crippen LogP contribution in [0.4, 0.5) is 15.9 Å². The molecule has 0 spiro atoms. The van der Waals surface area contributed by atoms with Crippen LogP contribution in [-0.4, -0.2) is 22.4 Å². The molecular formula is C16H14FN3O3. The number of hydrogen-bond acceptors (Lipinski definition) is 4. The third-order valence-electron chi connectivity index (χ3n) is 3.61. The predicted molar refractivity (Wildman–Crippen MR) is 81.7 cm³/mol. The molecule has 1 aromatic heterocycles. The lowest BCUT2D eigenvalue weighted by Crippen LogP contribution is -2.56. The first-order valence-electron chi connectivity index (χ1n) is 6.93. The van der Waals surface area contributed by atoms with Gasteiger partial charge in [0.25, 0.3) is 17.4 Å². The molecule has 0 saturated carbocycles. The number of rotatable bonds is 2. The molecular weight excluding hydrogens is 301 g/mol. The number of carbonyl (C=O) groups is 2. The average molecular weight is 315 g/mol. The summed E-state index contributed by atoms with van der Waals surface area (Å²) in [6.45, 7) is 2.96. The topological polar surface area (TPSA) is 80.3 Å². The van der Waals surface area contributed by atoms with E-state index in [9.17, 15) is 14.0 Å². The van der Waals surface area contributed by atoms with Crippen LogP contribution in [0.3, 0.4) is 0 Å².